The van der Waals surface area contributed by atoms with Gasteiger partial charge < -0.3 is 49.3 Å². The lowest BCUT2D eigenvalue weighted by Crippen LogP contribution is -2.61. The summed E-state index contributed by atoms with van der Waals surface area (Å²) in [6.07, 6.45) is -8.71. The van der Waals surface area contributed by atoms with E-state index in [4.69, 9.17) is 13.9 Å². The number of fused-ring (bicyclic) bond motifs is 1. The van der Waals surface area contributed by atoms with Crippen LogP contribution >= 0.6 is 0 Å². The fourth-order valence-corrected chi connectivity index (χ4v) is 3.52. The van der Waals surface area contributed by atoms with Crippen molar-refractivity contribution in [3.05, 3.63) is 46.6 Å². The molecule has 1 fully saturated rings. The van der Waals surface area contributed by atoms with Crippen molar-refractivity contribution in [2.75, 3.05) is 7.11 Å². The van der Waals surface area contributed by atoms with Gasteiger partial charge in [-0.3, -0.25) is 4.79 Å². The predicted octanol–water partition coefficient (Wildman–Crippen LogP) is -0.0638. The number of rotatable bonds is 4. The quantitative estimate of drug-likeness (QED) is 0.217. The zero-order valence-electron chi connectivity index (χ0n) is 17.5. The second-order valence-corrected chi connectivity index (χ2v) is 7.53. The van der Waals surface area contributed by atoms with Gasteiger partial charge in [-0.25, -0.2) is 4.79 Å². The summed E-state index contributed by atoms with van der Waals surface area (Å²) in [5, 5.41) is 59.6. The second-order valence-electron chi connectivity index (χ2n) is 7.53. The third-order valence-electron chi connectivity index (χ3n) is 5.30. The number of phenols is 3. The van der Waals surface area contributed by atoms with Crippen molar-refractivity contribution in [3.8, 4) is 34.3 Å². The highest BCUT2D eigenvalue weighted by atomic mass is 16.7. The van der Waals surface area contributed by atoms with E-state index in [0.717, 1.165) is 19.2 Å². The van der Waals surface area contributed by atoms with Crippen LogP contribution in [0, 0.1) is 0 Å². The average Bonchev–Trinajstić information content (AvgIpc) is 2.80. The number of benzene rings is 2. The molecule has 1 saturated heterocycles. The molecule has 0 radical (unpaired) electrons. The molecule has 6 N–H and O–H groups in total. The Kier molecular flexibility index (Phi) is 6.06. The molecule has 2 aromatic carbocycles. The fraction of sp³-hybridized carbons (Fsp3) is 0.273. The Morgan fingerprint density at radius 1 is 0.912 bits per heavy atom. The highest BCUT2D eigenvalue weighted by Gasteiger charge is 2.48. The molecule has 3 aromatic rings. The van der Waals surface area contributed by atoms with Gasteiger partial charge in [-0.15, -0.1) is 0 Å². The van der Waals surface area contributed by atoms with Crippen LogP contribution in [0.25, 0.3) is 22.3 Å². The Labute approximate surface area is 190 Å². The molecule has 12 heteroatoms. The molecule has 1 aliphatic rings. The minimum Gasteiger partial charge on any atom is -0.507 e. The zero-order chi connectivity index (χ0) is 24.7. The van der Waals surface area contributed by atoms with Crippen LogP contribution in [0.1, 0.15) is 0 Å². The Morgan fingerprint density at radius 3 is 2.32 bits per heavy atom. The molecule has 2 heterocycles. The molecular formula is C22H20O12. The Balaban J connectivity index is 1.71. The molecule has 1 aliphatic heterocycles. The van der Waals surface area contributed by atoms with Gasteiger partial charge in [0.2, 0.25) is 6.29 Å². The van der Waals surface area contributed by atoms with Crippen molar-refractivity contribution < 1.29 is 54.1 Å². The summed E-state index contributed by atoms with van der Waals surface area (Å²) in [5.41, 5.74) is -0.504. The summed E-state index contributed by atoms with van der Waals surface area (Å²) in [6.45, 7) is 0. The maximum Gasteiger partial charge on any atom is 0.337 e. The maximum absolute atomic E-state index is 12.6. The van der Waals surface area contributed by atoms with Crippen LogP contribution in [0.2, 0.25) is 0 Å². The highest BCUT2D eigenvalue weighted by molar-refractivity contribution is 5.86. The van der Waals surface area contributed by atoms with Gasteiger partial charge in [0.25, 0.3) is 0 Å². The first-order chi connectivity index (χ1) is 16.1. The number of aromatic hydroxyl groups is 3. The number of hydrogen-bond donors (Lipinski definition) is 6. The molecule has 34 heavy (non-hydrogen) atoms. The highest BCUT2D eigenvalue weighted by Crippen LogP contribution is 2.35. The number of aliphatic hydroxyl groups is 3. The van der Waals surface area contributed by atoms with Crippen molar-refractivity contribution in [1.82, 2.24) is 0 Å². The first-order valence-corrected chi connectivity index (χ1v) is 9.88. The summed E-state index contributed by atoms with van der Waals surface area (Å²) in [7, 11) is 1.04. The van der Waals surface area contributed by atoms with Crippen LogP contribution in [0.5, 0.6) is 23.0 Å². The Bertz CT molecular complexity index is 1300. The van der Waals surface area contributed by atoms with E-state index < -0.39 is 53.6 Å². The standard InChI is InChI=1S/C22H20O12/c1-31-21(30)20-18(28)17(27)19(29)22(34-20)32-9-5-12(25)16-13(26)7-14(33-15(16)6-9)8-2-3-10(23)11(24)4-8/h2-7,17-20,22-25,27-29H,1H3/t17-,18-,19?,20?,22+/m0/s1. The Morgan fingerprint density at radius 2 is 1.65 bits per heavy atom. The second kappa shape index (κ2) is 8.83. The van der Waals surface area contributed by atoms with Gasteiger partial charge in [0.1, 0.15) is 46.5 Å². The van der Waals surface area contributed by atoms with Crippen LogP contribution in [0.3, 0.4) is 0 Å². The topological polar surface area (TPSA) is 196 Å². The number of carbonyl (C=O) groups is 1. The zero-order valence-corrected chi connectivity index (χ0v) is 17.5. The van der Waals surface area contributed by atoms with Gasteiger partial charge in [0.15, 0.2) is 23.0 Å². The number of methoxy groups -OCH3 is 1. The summed E-state index contributed by atoms with van der Waals surface area (Å²) >= 11 is 0. The van der Waals surface area contributed by atoms with E-state index in [1.807, 2.05) is 0 Å². The molecule has 2 unspecified atom stereocenters. The van der Waals surface area contributed by atoms with Crippen molar-refractivity contribution in [2.45, 2.75) is 30.7 Å². The van der Waals surface area contributed by atoms with Gasteiger partial charge in [0, 0.05) is 23.8 Å². The van der Waals surface area contributed by atoms with Crippen molar-refractivity contribution >= 4 is 16.9 Å². The van der Waals surface area contributed by atoms with E-state index in [0.29, 0.717) is 0 Å². The van der Waals surface area contributed by atoms with E-state index in [9.17, 15) is 40.2 Å². The first kappa shape index (κ1) is 23.3. The van der Waals surface area contributed by atoms with Gasteiger partial charge in [-0.2, -0.15) is 0 Å². The fourth-order valence-electron chi connectivity index (χ4n) is 3.52. The molecule has 0 aliphatic carbocycles. The summed E-state index contributed by atoms with van der Waals surface area (Å²) in [5.74, 6) is -2.52. The molecule has 180 valence electrons. The molecule has 0 amide bonds. The minimum atomic E-state index is -1.82. The van der Waals surface area contributed by atoms with Gasteiger partial charge >= 0.3 is 5.97 Å². The van der Waals surface area contributed by atoms with Crippen LogP contribution in [0.15, 0.2) is 45.6 Å². The molecule has 4 rings (SSSR count). The van der Waals surface area contributed by atoms with Crippen LogP contribution in [-0.2, 0) is 14.3 Å². The van der Waals surface area contributed by atoms with Gasteiger partial charge in [0.05, 0.1) is 7.11 Å². The number of carbonyl (C=O) groups excluding carboxylic acids is 1. The summed E-state index contributed by atoms with van der Waals surface area (Å²) in [4.78, 5) is 24.4. The van der Waals surface area contributed by atoms with E-state index in [1.165, 1.54) is 24.3 Å². The van der Waals surface area contributed by atoms with Crippen molar-refractivity contribution in [1.29, 1.82) is 0 Å². The number of phenolic OH excluding ortho intramolecular Hbond substituents is 3. The lowest BCUT2D eigenvalue weighted by atomic mass is 9.99. The van der Waals surface area contributed by atoms with E-state index in [2.05, 4.69) is 4.74 Å². The number of hydrogen-bond acceptors (Lipinski definition) is 12. The van der Waals surface area contributed by atoms with Gasteiger partial charge in [-0.1, -0.05) is 0 Å². The van der Waals surface area contributed by atoms with E-state index >= 15 is 0 Å². The lowest BCUT2D eigenvalue weighted by molar-refractivity contribution is -0.271. The number of ether oxygens (including phenoxy) is 3. The summed E-state index contributed by atoms with van der Waals surface area (Å²) < 4.78 is 20.9. The summed E-state index contributed by atoms with van der Waals surface area (Å²) in [6, 6.07) is 7.08. The van der Waals surface area contributed by atoms with Crippen LogP contribution in [-0.4, -0.2) is 74.4 Å². The molecule has 0 spiro atoms. The van der Waals surface area contributed by atoms with Gasteiger partial charge in [-0.05, 0) is 18.2 Å². The molecule has 0 saturated carbocycles. The number of aliphatic hydroxyl groups excluding tert-OH is 3. The Hall–Kier alpha value is -3.84. The monoisotopic (exact) mass is 476 g/mol. The first-order valence-electron chi connectivity index (χ1n) is 9.88. The third-order valence-corrected chi connectivity index (χ3v) is 5.30. The molecule has 5 atom stereocenters. The predicted molar refractivity (Wildman–Crippen MR) is 112 cm³/mol. The minimum absolute atomic E-state index is 0.00241. The molecular weight excluding hydrogens is 456 g/mol. The molecule has 0 bridgehead atoms. The van der Waals surface area contributed by atoms with E-state index in [-0.39, 0.29) is 33.8 Å². The SMILES string of the molecule is COC(=O)C1O[C@@H](Oc2cc(O)c3c(=O)cc(-c4ccc(O)c(O)c4)oc3c2)C(O)[C@@H](O)[C@@H]1O. The van der Waals surface area contributed by atoms with Crippen LogP contribution in [0.4, 0.5) is 0 Å². The molecule has 12 nitrogen and oxygen atoms in total. The third kappa shape index (κ3) is 4.10. The van der Waals surface area contributed by atoms with E-state index in [1.54, 1.807) is 0 Å². The largest absolute Gasteiger partial charge is 0.507 e. The lowest BCUT2D eigenvalue weighted by Gasteiger charge is -2.38. The van der Waals surface area contributed by atoms with Crippen molar-refractivity contribution in [2.24, 2.45) is 0 Å². The molecule has 1 aromatic heterocycles. The normalized spacial score (nSPS) is 24.6. The smallest absolute Gasteiger partial charge is 0.337 e. The maximum atomic E-state index is 12.6. The van der Waals surface area contributed by atoms with Crippen LogP contribution < -0.4 is 10.2 Å². The number of esters is 1. The van der Waals surface area contributed by atoms with Crippen molar-refractivity contribution in [3.63, 3.8) is 0 Å². The average molecular weight is 476 g/mol.